The molecule has 1 fully saturated rings. The topological polar surface area (TPSA) is 97.4 Å². The molecule has 0 saturated carbocycles. The SMILES string of the molecule is CCC1(c2ccc(NC(=O)COc3cc4sc(C)nc4c4sccc34)cc2)CCC(=O)NC1=O. The van der Waals surface area contributed by atoms with Crippen molar-refractivity contribution in [3.05, 3.63) is 52.3 Å². The summed E-state index contributed by atoms with van der Waals surface area (Å²) < 4.78 is 7.99. The quantitative estimate of drug-likeness (QED) is 0.372. The van der Waals surface area contributed by atoms with Crippen molar-refractivity contribution in [1.29, 1.82) is 0 Å². The first-order valence-electron chi connectivity index (χ1n) is 11.0. The lowest BCUT2D eigenvalue weighted by Gasteiger charge is -2.35. The predicted molar refractivity (Wildman–Crippen MR) is 135 cm³/mol. The maximum atomic E-state index is 12.6. The molecule has 0 aliphatic carbocycles. The van der Waals surface area contributed by atoms with E-state index < -0.39 is 5.41 Å². The predicted octanol–water partition coefficient (Wildman–Crippen LogP) is 4.92. The Labute approximate surface area is 204 Å². The molecule has 1 atom stereocenters. The zero-order valence-corrected chi connectivity index (χ0v) is 20.4. The molecule has 3 heterocycles. The third-order valence-electron chi connectivity index (χ3n) is 6.32. The van der Waals surface area contributed by atoms with Gasteiger partial charge in [0, 0.05) is 23.6 Å². The van der Waals surface area contributed by atoms with Crippen LogP contribution in [0, 0.1) is 6.92 Å². The van der Waals surface area contributed by atoms with Gasteiger partial charge < -0.3 is 10.1 Å². The van der Waals surface area contributed by atoms with Gasteiger partial charge in [-0.3, -0.25) is 19.7 Å². The molecular weight excluding hydrogens is 470 g/mol. The fraction of sp³-hybridized carbons (Fsp3) is 0.280. The van der Waals surface area contributed by atoms with E-state index >= 15 is 0 Å². The number of carbonyl (C=O) groups is 3. The fourth-order valence-electron chi connectivity index (χ4n) is 4.49. The van der Waals surface area contributed by atoms with Crippen LogP contribution in [0.15, 0.2) is 41.8 Å². The number of fused-ring (bicyclic) bond motifs is 3. The number of aryl methyl sites for hydroxylation is 1. The average Bonchev–Trinajstić information content (AvgIpc) is 3.45. The normalized spacial score (nSPS) is 18.3. The number of thiazole rings is 1. The van der Waals surface area contributed by atoms with Gasteiger partial charge in [-0.2, -0.15) is 0 Å². The Hall–Kier alpha value is -3.30. The number of imide groups is 1. The molecule has 1 unspecified atom stereocenters. The van der Waals surface area contributed by atoms with Crippen LogP contribution >= 0.6 is 22.7 Å². The molecule has 2 aromatic heterocycles. The van der Waals surface area contributed by atoms with Crippen molar-refractivity contribution in [1.82, 2.24) is 10.3 Å². The van der Waals surface area contributed by atoms with Gasteiger partial charge in [0.1, 0.15) is 5.75 Å². The third-order valence-corrected chi connectivity index (χ3v) is 8.16. The Balaban J connectivity index is 1.28. The molecule has 34 heavy (non-hydrogen) atoms. The summed E-state index contributed by atoms with van der Waals surface area (Å²) in [5.41, 5.74) is 1.71. The highest BCUT2D eigenvalue weighted by Gasteiger charge is 2.42. The fourth-order valence-corrected chi connectivity index (χ4v) is 6.32. The van der Waals surface area contributed by atoms with E-state index in [9.17, 15) is 14.4 Å². The maximum absolute atomic E-state index is 12.6. The van der Waals surface area contributed by atoms with Gasteiger partial charge in [0.05, 0.1) is 25.3 Å². The second-order valence-corrected chi connectivity index (χ2v) is 10.5. The largest absolute Gasteiger partial charge is 0.483 e. The molecule has 174 valence electrons. The molecule has 9 heteroatoms. The molecule has 1 saturated heterocycles. The van der Waals surface area contributed by atoms with E-state index in [1.807, 2.05) is 43.5 Å². The van der Waals surface area contributed by atoms with E-state index in [0.717, 1.165) is 30.9 Å². The lowest BCUT2D eigenvalue weighted by molar-refractivity contribution is -0.138. The smallest absolute Gasteiger partial charge is 0.262 e. The molecule has 3 amide bonds. The number of nitrogens with one attached hydrogen (secondary N) is 2. The van der Waals surface area contributed by atoms with E-state index in [-0.39, 0.29) is 24.3 Å². The lowest BCUT2D eigenvalue weighted by Crippen LogP contribution is -2.51. The summed E-state index contributed by atoms with van der Waals surface area (Å²) in [5.74, 6) is -0.102. The van der Waals surface area contributed by atoms with Crippen molar-refractivity contribution in [2.24, 2.45) is 0 Å². The van der Waals surface area contributed by atoms with Crippen LogP contribution in [-0.4, -0.2) is 29.3 Å². The van der Waals surface area contributed by atoms with E-state index in [0.29, 0.717) is 30.7 Å². The van der Waals surface area contributed by atoms with Crippen LogP contribution in [0.5, 0.6) is 5.75 Å². The zero-order chi connectivity index (χ0) is 23.9. The highest BCUT2D eigenvalue weighted by molar-refractivity contribution is 7.21. The standard InChI is InChI=1S/C25H23N3O4S2/c1-3-25(10-8-20(29)28-24(25)31)15-4-6-16(7-5-15)27-21(30)13-32-18-12-19-22(26-14(2)34-19)23-17(18)9-11-33-23/h4-7,9,11-12H,3,8,10,13H2,1-2H3,(H,27,30)(H,28,29,31). The van der Waals surface area contributed by atoms with E-state index in [2.05, 4.69) is 15.6 Å². The Kier molecular flexibility index (Phi) is 5.83. The molecule has 1 aliphatic heterocycles. The molecule has 0 spiro atoms. The van der Waals surface area contributed by atoms with Crippen LogP contribution in [0.25, 0.3) is 20.3 Å². The minimum absolute atomic E-state index is 0.126. The molecule has 1 aliphatic rings. The van der Waals surface area contributed by atoms with Gasteiger partial charge in [-0.25, -0.2) is 4.98 Å². The van der Waals surface area contributed by atoms with Crippen LogP contribution in [0.3, 0.4) is 0 Å². The van der Waals surface area contributed by atoms with Gasteiger partial charge in [-0.05, 0) is 48.9 Å². The first-order chi connectivity index (χ1) is 16.4. The monoisotopic (exact) mass is 493 g/mol. The van der Waals surface area contributed by atoms with E-state index in [1.165, 1.54) is 0 Å². The summed E-state index contributed by atoms with van der Waals surface area (Å²) in [6.07, 6.45) is 1.39. The van der Waals surface area contributed by atoms with Crippen molar-refractivity contribution >= 4 is 66.4 Å². The number of anilines is 1. The highest BCUT2D eigenvalue weighted by atomic mass is 32.1. The van der Waals surface area contributed by atoms with Crippen LogP contribution in [0.2, 0.25) is 0 Å². The summed E-state index contributed by atoms with van der Waals surface area (Å²) in [6, 6.07) is 11.2. The summed E-state index contributed by atoms with van der Waals surface area (Å²) in [5, 5.41) is 9.25. The Morgan fingerprint density at radius 2 is 2.03 bits per heavy atom. The van der Waals surface area contributed by atoms with E-state index in [1.54, 1.807) is 34.8 Å². The Morgan fingerprint density at radius 1 is 1.24 bits per heavy atom. The van der Waals surface area contributed by atoms with Crippen molar-refractivity contribution in [2.75, 3.05) is 11.9 Å². The van der Waals surface area contributed by atoms with E-state index in [4.69, 9.17) is 4.74 Å². The van der Waals surface area contributed by atoms with Gasteiger partial charge in [0.15, 0.2) is 6.61 Å². The molecule has 0 radical (unpaired) electrons. The first kappa shape index (κ1) is 22.5. The van der Waals surface area contributed by atoms with Gasteiger partial charge >= 0.3 is 0 Å². The zero-order valence-electron chi connectivity index (χ0n) is 18.8. The average molecular weight is 494 g/mol. The molecule has 2 aromatic carbocycles. The molecular formula is C25H23N3O4S2. The van der Waals surface area contributed by atoms with Crippen LogP contribution in [0.1, 0.15) is 36.8 Å². The number of benzene rings is 2. The van der Waals surface area contributed by atoms with Crippen LogP contribution in [0.4, 0.5) is 5.69 Å². The molecule has 2 N–H and O–H groups in total. The number of hydrogen-bond donors (Lipinski definition) is 2. The van der Waals surface area contributed by atoms with Crippen molar-refractivity contribution in [2.45, 2.75) is 38.5 Å². The minimum Gasteiger partial charge on any atom is -0.483 e. The van der Waals surface area contributed by atoms with Gasteiger partial charge in [-0.15, -0.1) is 22.7 Å². The van der Waals surface area contributed by atoms with Crippen molar-refractivity contribution in [3.8, 4) is 5.75 Å². The van der Waals surface area contributed by atoms with Crippen molar-refractivity contribution < 1.29 is 19.1 Å². The summed E-state index contributed by atoms with van der Waals surface area (Å²) in [7, 11) is 0. The Bertz CT molecular complexity index is 1420. The minimum atomic E-state index is -0.723. The second-order valence-electron chi connectivity index (χ2n) is 8.34. The number of rotatable bonds is 6. The van der Waals surface area contributed by atoms with Crippen LogP contribution < -0.4 is 15.4 Å². The number of thiophene rings is 1. The number of aromatic nitrogens is 1. The second kappa shape index (κ2) is 8.81. The number of carbonyl (C=O) groups excluding carboxylic acids is 3. The molecule has 4 aromatic rings. The van der Waals surface area contributed by atoms with Gasteiger partial charge in [0.25, 0.3) is 5.91 Å². The number of ether oxygens (including phenoxy) is 1. The summed E-state index contributed by atoms with van der Waals surface area (Å²) >= 11 is 3.22. The summed E-state index contributed by atoms with van der Waals surface area (Å²) in [6.45, 7) is 3.79. The maximum Gasteiger partial charge on any atom is 0.262 e. The highest BCUT2D eigenvalue weighted by Crippen LogP contribution is 2.39. The number of amides is 3. The number of hydrogen-bond acceptors (Lipinski definition) is 7. The number of nitrogens with zero attached hydrogens (tertiary/aromatic N) is 1. The van der Waals surface area contributed by atoms with Crippen LogP contribution in [-0.2, 0) is 19.8 Å². The molecule has 5 rings (SSSR count). The molecule has 7 nitrogen and oxygen atoms in total. The van der Waals surface area contributed by atoms with Gasteiger partial charge in [-0.1, -0.05) is 19.1 Å². The summed E-state index contributed by atoms with van der Waals surface area (Å²) in [4.78, 5) is 41.3. The van der Waals surface area contributed by atoms with Crippen molar-refractivity contribution in [3.63, 3.8) is 0 Å². The lowest BCUT2D eigenvalue weighted by atomic mass is 9.72. The third kappa shape index (κ3) is 3.95. The van der Waals surface area contributed by atoms with Gasteiger partial charge in [0.2, 0.25) is 11.8 Å². The molecule has 0 bridgehead atoms. The number of piperidine rings is 1. The first-order valence-corrected chi connectivity index (χ1v) is 12.7. The Morgan fingerprint density at radius 3 is 2.76 bits per heavy atom.